The number of aromatic nitrogens is 3. The third-order valence-corrected chi connectivity index (χ3v) is 12.2. The Hall–Kier alpha value is -5.88. The number of carboxylic acid groups (broad SMARTS) is 1. The van der Waals surface area contributed by atoms with Crippen LogP contribution < -0.4 is 20.3 Å². The number of aromatic amines is 1. The number of likely N-dealkylation sites (tertiary alicyclic amines) is 1. The quantitative estimate of drug-likeness (QED) is 0.122. The van der Waals surface area contributed by atoms with Gasteiger partial charge >= 0.3 is 12.5 Å². The molecule has 3 aliphatic rings. The Morgan fingerprint density at radius 3 is 2.31 bits per heavy atom. The predicted molar refractivity (Wildman–Crippen MR) is 233 cm³/mol. The molecule has 3 aliphatic heterocycles. The van der Waals surface area contributed by atoms with Crippen LogP contribution in [0.15, 0.2) is 60.9 Å². The summed E-state index contributed by atoms with van der Waals surface area (Å²) in [6.07, 6.45) is -1.56. The van der Waals surface area contributed by atoms with Crippen molar-refractivity contribution in [3.05, 3.63) is 77.3 Å². The van der Waals surface area contributed by atoms with Gasteiger partial charge in [0.1, 0.15) is 23.4 Å². The van der Waals surface area contributed by atoms with E-state index < -0.39 is 41.6 Å². The molecule has 64 heavy (non-hydrogen) atoms. The summed E-state index contributed by atoms with van der Waals surface area (Å²) >= 11 is 6.64. The molecule has 0 saturated carbocycles. The normalized spacial score (nSPS) is 20.2. The number of rotatable bonds is 10. The zero-order valence-corrected chi connectivity index (χ0v) is 36.9. The number of nitrogens with zero attached hydrogens (tertiary/aromatic N) is 5. The Morgan fingerprint density at radius 1 is 0.984 bits per heavy atom. The number of imidazole rings is 1. The van der Waals surface area contributed by atoms with Gasteiger partial charge in [0.15, 0.2) is 0 Å². The molecule has 5 heterocycles. The summed E-state index contributed by atoms with van der Waals surface area (Å²) in [7, 11) is 0. The molecule has 2 aromatic heterocycles. The second-order valence-corrected chi connectivity index (χ2v) is 18.2. The number of piperazine rings is 1. The largest absolute Gasteiger partial charge is 0.573 e. The summed E-state index contributed by atoms with van der Waals surface area (Å²) < 4.78 is 51.3. The van der Waals surface area contributed by atoms with Crippen molar-refractivity contribution >= 4 is 46.9 Å². The number of hydrogen-bond donors (Lipinski definition) is 4. The van der Waals surface area contributed by atoms with Gasteiger partial charge in [-0.2, -0.15) is 0 Å². The van der Waals surface area contributed by atoms with Crippen LogP contribution in [0, 0.1) is 17.3 Å². The van der Waals surface area contributed by atoms with Crippen LogP contribution in [-0.4, -0.2) is 112 Å². The summed E-state index contributed by atoms with van der Waals surface area (Å²) in [6, 6.07) is 10.7. The molecule has 342 valence electrons. The highest BCUT2D eigenvalue weighted by Crippen LogP contribution is 2.42. The summed E-state index contributed by atoms with van der Waals surface area (Å²) in [4.78, 5) is 70.0. The van der Waals surface area contributed by atoms with E-state index in [1.807, 2.05) is 39.5 Å². The highest BCUT2D eigenvalue weighted by Gasteiger charge is 2.42. The molecule has 3 saturated heterocycles. The number of H-pyrrole nitrogens is 1. The van der Waals surface area contributed by atoms with Gasteiger partial charge in [0.25, 0.3) is 5.91 Å². The zero-order chi connectivity index (χ0) is 46.1. The van der Waals surface area contributed by atoms with Crippen LogP contribution in [0.4, 0.5) is 29.5 Å². The average Bonchev–Trinajstić information content (AvgIpc) is 3.89. The summed E-state index contributed by atoms with van der Waals surface area (Å²) in [6.45, 7) is 12.6. The molecule has 2 aromatic carbocycles. The van der Waals surface area contributed by atoms with E-state index in [4.69, 9.17) is 21.3 Å². The summed E-state index contributed by atoms with van der Waals surface area (Å²) in [5, 5.41) is 14.5. The fraction of sp³-hybridized carbons (Fsp3) is 0.467. The van der Waals surface area contributed by atoms with Gasteiger partial charge in [0.2, 0.25) is 11.8 Å². The lowest BCUT2D eigenvalue weighted by Crippen LogP contribution is -2.56. The van der Waals surface area contributed by atoms with E-state index >= 15 is 0 Å². The molecular formula is C45H52ClF3N8O7. The van der Waals surface area contributed by atoms with E-state index in [1.54, 1.807) is 47.5 Å². The number of carbonyl (C=O) groups is 4. The lowest BCUT2D eigenvalue weighted by Gasteiger charge is -2.42. The number of carbonyl (C=O) groups excluding carboxylic acids is 3. The molecule has 0 spiro atoms. The summed E-state index contributed by atoms with van der Waals surface area (Å²) in [5.41, 5.74) is 0.940. The molecule has 7 rings (SSSR count). The number of anilines is 2. The number of nitrogens with one attached hydrogen (secondary N) is 3. The van der Waals surface area contributed by atoms with E-state index in [1.165, 1.54) is 12.3 Å². The first kappa shape index (κ1) is 46.1. The van der Waals surface area contributed by atoms with Crippen LogP contribution >= 0.6 is 11.6 Å². The maximum atomic E-state index is 13.9. The molecule has 15 nitrogen and oxygen atoms in total. The molecule has 4 N–H and O–H groups in total. The number of halogens is 4. The minimum Gasteiger partial charge on any atom is -0.465 e. The molecule has 0 radical (unpaired) electrons. The number of benzene rings is 2. The van der Waals surface area contributed by atoms with Crippen molar-refractivity contribution in [2.45, 2.75) is 78.4 Å². The van der Waals surface area contributed by atoms with Gasteiger partial charge in [-0.3, -0.25) is 14.4 Å². The SMILES string of the molecule is C[C@H]1C[C@@H](c2nc(-c3ccc(-c4c(Cl)cc(C(=O)Nc5ccc(N6CCN(C(=O)C(C)(C)C)C[C@H]6C)nc5)cc4OC(F)(F)F)cc3)c[nH]2)N(C(=O)[C@@H](NC(=O)O)C2CCOCC2)C1. The Bertz CT molecular complexity index is 2350. The predicted octanol–water partition coefficient (Wildman–Crippen LogP) is 8.00. The fourth-order valence-corrected chi connectivity index (χ4v) is 9.06. The standard InChI is InChI=1S/C45H52ClF3N8O7/c1-25-18-34(57(23-25)41(59)38(54-43(61)62)29-12-16-63-17-13-29)39-51-22-33(53-39)27-6-8-28(9-7-27)37-32(46)19-30(20-35(37)64-45(47,48)49)40(58)52-31-10-11-36(50-21-31)56-15-14-55(24-26(56)2)42(60)44(3,4)5/h6-11,19-22,25-26,29,34,38,54H,12-18,23-24H2,1-5H3,(H,51,53)(H,52,58)(H,61,62)/t25-,26+,34-,38-/m0/s1. The van der Waals surface area contributed by atoms with E-state index in [-0.39, 0.29) is 51.4 Å². The smallest absolute Gasteiger partial charge is 0.465 e. The van der Waals surface area contributed by atoms with Crippen molar-refractivity contribution < 1.29 is 46.9 Å². The molecule has 0 unspecified atom stereocenters. The van der Waals surface area contributed by atoms with Crippen molar-refractivity contribution in [3.8, 4) is 28.1 Å². The minimum atomic E-state index is -5.11. The number of amides is 4. The van der Waals surface area contributed by atoms with Gasteiger partial charge in [-0.25, -0.2) is 14.8 Å². The lowest BCUT2D eigenvalue weighted by atomic mass is 9.90. The molecular weight excluding hydrogens is 857 g/mol. The zero-order valence-electron chi connectivity index (χ0n) is 36.2. The molecule has 3 fully saturated rings. The van der Waals surface area contributed by atoms with Gasteiger partial charge in [-0.15, -0.1) is 13.2 Å². The average molecular weight is 909 g/mol. The number of hydrogen-bond acceptors (Lipinski definition) is 9. The molecule has 4 aromatic rings. The molecule has 4 amide bonds. The van der Waals surface area contributed by atoms with Crippen molar-refractivity contribution in [1.29, 1.82) is 0 Å². The van der Waals surface area contributed by atoms with E-state index in [0.717, 1.165) is 6.07 Å². The number of pyridine rings is 1. The molecule has 0 aliphatic carbocycles. The summed E-state index contributed by atoms with van der Waals surface area (Å²) in [5.74, 6) is -0.582. The van der Waals surface area contributed by atoms with Crippen LogP contribution in [0.25, 0.3) is 22.4 Å². The highest BCUT2D eigenvalue weighted by molar-refractivity contribution is 6.34. The molecule has 0 bridgehead atoms. The van der Waals surface area contributed by atoms with Crippen molar-refractivity contribution in [1.82, 2.24) is 30.1 Å². The first-order valence-corrected chi connectivity index (χ1v) is 21.6. The topological polar surface area (TPSA) is 182 Å². The Kier molecular flexibility index (Phi) is 13.5. The third kappa shape index (κ3) is 10.6. The van der Waals surface area contributed by atoms with Crippen LogP contribution in [0.3, 0.4) is 0 Å². The maximum Gasteiger partial charge on any atom is 0.573 e. The first-order valence-electron chi connectivity index (χ1n) is 21.2. The molecule has 19 heteroatoms. The molecule has 4 atom stereocenters. The third-order valence-electron chi connectivity index (χ3n) is 11.9. The monoisotopic (exact) mass is 908 g/mol. The second kappa shape index (κ2) is 18.7. The van der Waals surface area contributed by atoms with Crippen LogP contribution in [-0.2, 0) is 14.3 Å². The Labute approximate surface area is 373 Å². The van der Waals surface area contributed by atoms with E-state index in [2.05, 4.69) is 30.2 Å². The Balaban J connectivity index is 1.05. The minimum absolute atomic E-state index is 0.0152. The van der Waals surface area contributed by atoms with Gasteiger partial charge in [0.05, 0.1) is 28.6 Å². The van der Waals surface area contributed by atoms with Crippen LogP contribution in [0.2, 0.25) is 5.02 Å². The highest BCUT2D eigenvalue weighted by atomic mass is 35.5. The Morgan fingerprint density at radius 2 is 1.69 bits per heavy atom. The van der Waals surface area contributed by atoms with Crippen LogP contribution in [0.5, 0.6) is 5.75 Å². The lowest BCUT2D eigenvalue weighted by molar-refractivity contribution is -0.274. The van der Waals surface area contributed by atoms with Gasteiger partial charge < -0.3 is 44.9 Å². The maximum absolute atomic E-state index is 13.9. The number of ether oxygens (including phenoxy) is 2. The van der Waals surface area contributed by atoms with Crippen molar-refractivity contribution in [3.63, 3.8) is 0 Å². The van der Waals surface area contributed by atoms with Crippen molar-refractivity contribution in [2.24, 2.45) is 17.3 Å². The van der Waals surface area contributed by atoms with E-state index in [9.17, 15) is 37.5 Å². The van der Waals surface area contributed by atoms with Gasteiger partial charge in [-0.1, -0.05) is 63.6 Å². The first-order chi connectivity index (χ1) is 30.3. The fourth-order valence-electron chi connectivity index (χ4n) is 8.74. The van der Waals surface area contributed by atoms with Gasteiger partial charge in [0, 0.05) is 73.7 Å². The second-order valence-electron chi connectivity index (χ2n) is 17.8. The van der Waals surface area contributed by atoms with Crippen LogP contribution in [0.1, 0.15) is 76.1 Å². The number of alkyl halides is 3. The van der Waals surface area contributed by atoms with Crippen molar-refractivity contribution in [2.75, 3.05) is 49.6 Å². The van der Waals surface area contributed by atoms with Gasteiger partial charge in [-0.05, 0) is 67.9 Å². The van der Waals surface area contributed by atoms with E-state index in [0.29, 0.717) is 87.2 Å².